The van der Waals surface area contributed by atoms with E-state index in [2.05, 4.69) is 5.32 Å². The number of methoxy groups -OCH3 is 1. The van der Waals surface area contributed by atoms with Crippen molar-refractivity contribution in [2.45, 2.75) is 25.1 Å². The molecule has 0 aliphatic carbocycles. The molecule has 2 aromatic rings. The molecular formula is C19H21NO8S. The highest BCUT2D eigenvalue weighted by Crippen LogP contribution is 2.28. The number of carbonyl (C=O) groups is 1. The SMILES string of the molecule is COc1ccc(C(=O)C(NC2CS(=O)(=O)CC2O)c2oc(C)cc(=O)c2O)cc1. The summed E-state index contributed by atoms with van der Waals surface area (Å²) in [6.07, 6.45) is -1.25. The maximum absolute atomic E-state index is 13.2. The average Bonchev–Trinajstić information content (AvgIpc) is 2.93. The number of rotatable bonds is 6. The first-order valence-corrected chi connectivity index (χ1v) is 10.6. The number of ketones is 1. The van der Waals surface area contributed by atoms with Crippen LogP contribution in [0.1, 0.15) is 27.9 Å². The Morgan fingerprint density at radius 2 is 1.93 bits per heavy atom. The number of ether oxygens (including phenoxy) is 1. The maximum atomic E-state index is 13.2. The van der Waals surface area contributed by atoms with Gasteiger partial charge in [-0.2, -0.15) is 0 Å². The lowest BCUT2D eigenvalue weighted by atomic mass is 9.99. The third kappa shape index (κ3) is 4.50. The number of carbonyl (C=O) groups excluding carboxylic acids is 1. The summed E-state index contributed by atoms with van der Waals surface area (Å²) in [5, 5.41) is 23.1. The Kier molecular flexibility index (Phi) is 5.78. The molecule has 3 unspecified atom stereocenters. The van der Waals surface area contributed by atoms with Crippen LogP contribution in [-0.2, 0) is 9.84 Å². The van der Waals surface area contributed by atoms with Gasteiger partial charge in [-0.05, 0) is 31.2 Å². The predicted molar refractivity (Wildman–Crippen MR) is 103 cm³/mol. The summed E-state index contributed by atoms with van der Waals surface area (Å²) in [5.41, 5.74) is -0.528. The minimum atomic E-state index is -3.49. The van der Waals surface area contributed by atoms with E-state index in [1.54, 1.807) is 12.1 Å². The van der Waals surface area contributed by atoms with Gasteiger partial charge in [-0.1, -0.05) is 0 Å². The highest BCUT2D eigenvalue weighted by molar-refractivity contribution is 7.91. The van der Waals surface area contributed by atoms with E-state index in [1.165, 1.54) is 26.2 Å². The molecule has 2 heterocycles. The second kappa shape index (κ2) is 7.97. The summed E-state index contributed by atoms with van der Waals surface area (Å²) in [5.74, 6) is -1.83. The molecule has 3 N–H and O–H groups in total. The van der Waals surface area contributed by atoms with Crippen molar-refractivity contribution in [2.24, 2.45) is 0 Å². The Balaban J connectivity index is 2.04. The molecule has 29 heavy (non-hydrogen) atoms. The van der Waals surface area contributed by atoms with E-state index in [1.807, 2.05) is 0 Å². The van der Waals surface area contributed by atoms with Crippen molar-refractivity contribution in [1.29, 1.82) is 0 Å². The normalized spacial score (nSPS) is 21.6. The Hall–Kier alpha value is -2.69. The highest BCUT2D eigenvalue weighted by Gasteiger charge is 2.40. The van der Waals surface area contributed by atoms with Gasteiger partial charge in [-0.15, -0.1) is 0 Å². The van der Waals surface area contributed by atoms with Gasteiger partial charge < -0.3 is 19.4 Å². The van der Waals surface area contributed by atoms with Crippen molar-refractivity contribution in [3.63, 3.8) is 0 Å². The highest BCUT2D eigenvalue weighted by atomic mass is 32.2. The lowest BCUT2D eigenvalue weighted by molar-refractivity contribution is 0.0892. The first-order valence-electron chi connectivity index (χ1n) is 8.77. The molecular weight excluding hydrogens is 402 g/mol. The number of hydrogen-bond donors (Lipinski definition) is 3. The fourth-order valence-corrected chi connectivity index (χ4v) is 4.97. The van der Waals surface area contributed by atoms with E-state index in [0.717, 1.165) is 6.07 Å². The molecule has 1 aliphatic rings. The fraction of sp³-hybridized carbons (Fsp3) is 0.368. The first-order chi connectivity index (χ1) is 13.6. The zero-order valence-corrected chi connectivity index (χ0v) is 16.6. The third-order valence-corrected chi connectivity index (χ3v) is 6.39. The standard InChI is InChI=1S/C19H21NO8S/c1-10-7-14(21)18(24)19(28-10)16(20-13-8-29(25,26)9-15(13)22)17(23)11-3-5-12(27-2)6-4-11/h3-7,13,15-16,20,22,24H,8-9H2,1-2H3. The molecule has 3 atom stereocenters. The number of aryl methyl sites for hydroxylation is 1. The van der Waals surface area contributed by atoms with Crippen LogP contribution in [-0.4, -0.2) is 55.2 Å². The second-order valence-corrected chi connectivity index (χ2v) is 9.03. The summed E-state index contributed by atoms with van der Waals surface area (Å²) in [4.78, 5) is 25.2. The summed E-state index contributed by atoms with van der Waals surface area (Å²) in [6.45, 7) is 1.48. The summed E-state index contributed by atoms with van der Waals surface area (Å²) in [6, 6.07) is 4.81. The number of aliphatic hydroxyl groups excluding tert-OH is 1. The van der Waals surface area contributed by atoms with Crippen molar-refractivity contribution in [3.8, 4) is 11.5 Å². The summed E-state index contributed by atoms with van der Waals surface area (Å²) < 4.78 is 34.2. The number of benzene rings is 1. The van der Waals surface area contributed by atoms with E-state index < -0.39 is 56.5 Å². The Morgan fingerprint density at radius 3 is 2.48 bits per heavy atom. The van der Waals surface area contributed by atoms with E-state index in [4.69, 9.17) is 9.15 Å². The van der Waals surface area contributed by atoms with Gasteiger partial charge in [0.2, 0.25) is 11.2 Å². The number of sulfone groups is 1. The van der Waals surface area contributed by atoms with Gasteiger partial charge in [0.1, 0.15) is 17.6 Å². The first kappa shape index (κ1) is 21.0. The number of Topliss-reactive ketones (excluding diaryl/α,β-unsaturated/α-hetero) is 1. The Morgan fingerprint density at radius 1 is 1.28 bits per heavy atom. The molecule has 0 saturated carbocycles. The van der Waals surface area contributed by atoms with Gasteiger partial charge >= 0.3 is 0 Å². The van der Waals surface area contributed by atoms with Crippen LogP contribution in [0, 0.1) is 6.92 Å². The van der Waals surface area contributed by atoms with Gasteiger partial charge in [0, 0.05) is 17.7 Å². The monoisotopic (exact) mass is 423 g/mol. The molecule has 3 rings (SSSR count). The van der Waals surface area contributed by atoms with Crippen LogP contribution in [0.5, 0.6) is 11.5 Å². The number of hydrogen-bond acceptors (Lipinski definition) is 9. The minimum Gasteiger partial charge on any atom is -0.502 e. The van der Waals surface area contributed by atoms with E-state index in [9.17, 15) is 28.2 Å². The van der Waals surface area contributed by atoms with Gasteiger partial charge in [0.25, 0.3) is 0 Å². The van der Waals surface area contributed by atoms with Crippen LogP contribution in [0.25, 0.3) is 0 Å². The fourth-order valence-electron chi connectivity index (χ4n) is 3.22. The van der Waals surface area contributed by atoms with Crippen LogP contribution < -0.4 is 15.5 Å². The zero-order valence-electron chi connectivity index (χ0n) is 15.8. The molecule has 0 radical (unpaired) electrons. The van der Waals surface area contributed by atoms with Crippen molar-refractivity contribution >= 4 is 15.6 Å². The molecule has 1 fully saturated rings. The van der Waals surface area contributed by atoms with Gasteiger partial charge in [0.15, 0.2) is 21.4 Å². The van der Waals surface area contributed by atoms with Gasteiger partial charge in [-0.25, -0.2) is 8.42 Å². The summed E-state index contributed by atoms with van der Waals surface area (Å²) in [7, 11) is -2.02. The topological polar surface area (TPSA) is 143 Å². The molecule has 1 aliphatic heterocycles. The quantitative estimate of drug-likeness (QED) is 0.560. The van der Waals surface area contributed by atoms with Crippen molar-refractivity contribution < 1.29 is 32.6 Å². The van der Waals surface area contributed by atoms with Gasteiger partial charge in [0.05, 0.1) is 24.7 Å². The van der Waals surface area contributed by atoms with Crippen LogP contribution in [0.15, 0.2) is 39.5 Å². The number of nitrogens with one attached hydrogen (secondary N) is 1. The van der Waals surface area contributed by atoms with Gasteiger partial charge in [-0.3, -0.25) is 14.9 Å². The molecule has 156 valence electrons. The summed E-state index contributed by atoms with van der Waals surface area (Å²) >= 11 is 0. The smallest absolute Gasteiger partial charge is 0.227 e. The van der Waals surface area contributed by atoms with Crippen LogP contribution >= 0.6 is 0 Å². The number of aromatic hydroxyl groups is 1. The molecule has 10 heteroatoms. The molecule has 1 saturated heterocycles. The molecule has 1 aromatic carbocycles. The van der Waals surface area contributed by atoms with Crippen molar-refractivity contribution in [2.75, 3.05) is 18.6 Å². The minimum absolute atomic E-state index is 0.164. The van der Waals surface area contributed by atoms with E-state index >= 15 is 0 Å². The lowest BCUT2D eigenvalue weighted by Crippen LogP contribution is -2.44. The van der Waals surface area contributed by atoms with Crippen LogP contribution in [0.4, 0.5) is 0 Å². The van der Waals surface area contributed by atoms with Crippen molar-refractivity contribution in [1.82, 2.24) is 5.32 Å². The Bertz CT molecular complexity index is 1070. The molecule has 0 bridgehead atoms. The van der Waals surface area contributed by atoms with Crippen LogP contribution in [0.3, 0.4) is 0 Å². The molecule has 1 aromatic heterocycles. The lowest BCUT2D eigenvalue weighted by Gasteiger charge is -2.23. The van der Waals surface area contributed by atoms with Crippen LogP contribution in [0.2, 0.25) is 0 Å². The second-order valence-electron chi connectivity index (χ2n) is 6.88. The zero-order chi connectivity index (χ0) is 21.3. The molecule has 0 amide bonds. The molecule has 9 nitrogen and oxygen atoms in total. The number of aliphatic hydroxyl groups is 1. The predicted octanol–water partition coefficient (Wildman–Crippen LogP) is 0.334. The Labute approximate surface area is 166 Å². The average molecular weight is 423 g/mol. The maximum Gasteiger partial charge on any atom is 0.227 e. The van der Waals surface area contributed by atoms with E-state index in [-0.39, 0.29) is 17.1 Å². The van der Waals surface area contributed by atoms with Crippen molar-refractivity contribution in [3.05, 3.63) is 57.6 Å². The largest absolute Gasteiger partial charge is 0.502 e. The third-order valence-electron chi connectivity index (χ3n) is 4.67. The van der Waals surface area contributed by atoms with E-state index in [0.29, 0.717) is 5.75 Å². The molecule has 0 spiro atoms.